The Kier molecular flexibility index (Phi) is 4.75. The van der Waals surface area contributed by atoms with Crippen molar-refractivity contribution in [2.75, 3.05) is 19.7 Å². The van der Waals surface area contributed by atoms with E-state index in [1.807, 2.05) is 0 Å². The zero-order chi connectivity index (χ0) is 15.7. The Morgan fingerprint density at radius 3 is 2.95 bits per heavy atom. The third-order valence-electron chi connectivity index (χ3n) is 3.84. The number of imidazole rings is 1. The van der Waals surface area contributed by atoms with E-state index in [0.29, 0.717) is 47.2 Å². The molecule has 1 aliphatic rings. The molecule has 120 valence electrons. The topological polar surface area (TPSA) is 90.4 Å². The lowest BCUT2D eigenvalue weighted by Gasteiger charge is -2.28. The number of ether oxygens (including phenoxy) is 1. The van der Waals surface area contributed by atoms with E-state index in [9.17, 15) is 10.2 Å². The Morgan fingerprint density at radius 2 is 2.23 bits per heavy atom. The van der Waals surface area contributed by atoms with Gasteiger partial charge in [0.2, 0.25) is 0 Å². The van der Waals surface area contributed by atoms with Gasteiger partial charge in [-0.15, -0.1) is 0 Å². The van der Waals surface area contributed by atoms with Crippen molar-refractivity contribution in [1.29, 1.82) is 0 Å². The number of aromatic nitrogens is 2. The molecule has 1 aromatic carbocycles. The maximum Gasteiger partial charge on any atom is 0.167 e. The van der Waals surface area contributed by atoms with E-state index in [0.717, 1.165) is 6.54 Å². The minimum absolute atomic E-state index is 0.0184. The number of nitrogens with zero attached hydrogens (tertiary/aromatic N) is 1. The number of piperidine rings is 1. The highest BCUT2D eigenvalue weighted by atomic mass is 35.5. The van der Waals surface area contributed by atoms with Crippen molar-refractivity contribution in [1.82, 2.24) is 15.3 Å². The van der Waals surface area contributed by atoms with Gasteiger partial charge in [-0.05, 0) is 19.0 Å². The van der Waals surface area contributed by atoms with Crippen LogP contribution in [-0.2, 0) is 6.61 Å². The lowest BCUT2D eigenvalue weighted by Crippen LogP contribution is -2.42. The van der Waals surface area contributed by atoms with Crippen molar-refractivity contribution in [3.63, 3.8) is 0 Å². The molecule has 2 atom stereocenters. The number of hydrogen-bond acceptors (Lipinski definition) is 5. The molecular formula is C14H17Cl2N3O3. The van der Waals surface area contributed by atoms with E-state index in [1.165, 1.54) is 0 Å². The summed E-state index contributed by atoms with van der Waals surface area (Å²) in [4.78, 5) is 7.22. The van der Waals surface area contributed by atoms with Crippen molar-refractivity contribution in [2.24, 2.45) is 5.92 Å². The summed E-state index contributed by atoms with van der Waals surface area (Å²) in [6.07, 6.45) is 0.297. The number of benzene rings is 1. The lowest BCUT2D eigenvalue weighted by molar-refractivity contribution is 0.0513. The molecule has 0 bridgehead atoms. The van der Waals surface area contributed by atoms with Crippen LogP contribution in [0.25, 0.3) is 11.0 Å². The summed E-state index contributed by atoms with van der Waals surface area (Å²) in [5.74, 6) is 0.769. The van der Waals surface area contributed by atoms with Gasteiger partial charge in [0, 0.05) is 12.5 Å². The first-order valence-corrected chi connectivity index (χ1v) is 7.84. The highest BCUT2D eigenvalue weighted by Gasteiger charge is 2.25. The predicted molar refractivity (Wildman–Crippen MR) is 84.5 cm³/mol. The van der Waals surface area contributed by atoms with Crippen LogP contribution in [0.15, 0.2) is 6.07 Å². The zero-order valence-corrected chi connectivity index (χ0v) is 13.3. The van der Waals surface area contributed by atoms with Crippen molar-refractivity contribution in [3.8, 4) is 5.75 Å². The highest BCUT2D eigenvalue weighted by Crippen LogP contribution is 2.38. The summed E-state index contributed by atoms with van der Waals surface area (Å²) in [6, 6.07) is 1.65. The molecule has 22 heavy (non-hydrogen) atoms. The third-order valence-corrected chi connectivity index (χ3v) is 4.61. The number of aliphatic hydroxyl groups is 2. The number of nitrogens with one attached hydrogen (secondary N) is 2. The van der Waals surface area contributed by atoms with Gasteiger partial charge in [-0.1, -0.05) is 23.2 Å². The molecule has 8 heteroatoms. The van der Waals surface area contributed by atoms with Crippen LogP contribution in [0, 0.1) is 5.92 Å². The van der Waals surface area contributed by atoms with Gasteiger partial charge in [0.1, 0.15) is 23.0 Å². The molecule has 4 N–H and O–H groups in total. The average molecular weight is 346 g/mol. The quantitative estimate of drug-likeness (QED) is 0.677. The molecule has 0 unspecified atom stereocenters. The smallest absolute Gasteiger partial charge is 0.167 e. The van der Waals surface area contributed by atoms with Gasteiger partial charge < -0.3 is 25.3 Å². The van der Waals surface area contributed by atoms with Crippen molar-refractivity contribution in [3.05, 3.63) is 21.9 Å². The van der Waals surface area contributed by atoms with Crippen LogP contribution in [-0.4, -0.2) is 46.0 Å². The Balaban J connectivity index is 1.88. The largest absolute Gasteiger partial charge is 0.489 e. The molecule has 6 nitrogen and oxygen atoms in total. The minimum Gasteiger partial charge on any atom is -0.489 e. The number of hydrogen-bond donors (Lipinski definition) is 4. The van der Waals surface area contributed by atoms with Gasteiger partial charge in [-0.3, -0.25) is 0 Å². The van der Waals surface area contributed by atoms with E-state index >= 15 is 0 Å². The van der Waals surface area contributed by atoms with Crippen molar-refractivity contribution < 1.29 is 14.9 Å². The van der Waals surface area contributed by atoms with Crippen molar-refractivity contribution >= 4 is 34.2 Å². The molecule has 3 rings (SSSR count). The molecule has 0 aliphatic carbocycles. The Bertz CT molecular complexity index is 677. The summed E-state index contributed by atoms with van der Waals surface area (Å²) in [5, 5.41) is 23.0. The second-order valence-electron chi connectivity index (χ2n) is 5.37. The van der Waals surface area contributed by atoms with Gasteiger partial charge in [0.15, 0.2) is 5.75 Å². The normalized spacial score (nSPS) is 22.2. The summed E-state index contributed by atoms with van der Waals surface area (Å²) in [5.41, 5.74) is 1.17. The number of H-pyrrole nitrogens is 1. The second kappa shape index (κ2) is 6.60. The Hall–Kier alpha value is -1.05. The van der Waals surface area contributed by atoms with Crippen LogP contribution in [0.1, 0.15) is 12.2 Å². The summed E-state index contributed by atoms with van der Waals surface area (Å²) in [7, 11) is 0. The molecule has 1 aliphatic heterocycles. The van der Waals surface area contributed by atoms with E-state index in [4.69, 9.17) is 27.9 Å². The molecule has 0 saturated carbocycles. The molecule has 2 aromatic rings. The fraction of sp³-hybridized carbons (Fsp3) is 0.500. The number of aliphatic hydroxyl groups excluding tert-OH is 2. The molecule has 1 fully saturated rings. The third kappa shape index (κ3) is 3.02. The van der Waals surface area contributed by atoms with Crippen LogP contribution in [0.4, 0.5) is 0 Å². The molecular weight excluding hydrogens is 329 g/mol. The van der Waals surface area contributed by atoms with Crippen LogP contribution in [0.5, 0.6) is 5.75 Å². The number of aromatic amines is 1. The SMILES string of the molecule is OCc1nc2c(OC[C@H]3CNCC[C@@H]3O)c(Cl)c(Cl)cc2[nH]1. The van der Waals surface area contributed by atoms with Gasteiger partial charge in [0.05, 0.1) is 23.3 Å². The van der Waals surface area contributed by atoms with Gasteiger partial charge in [-0.2, -0.15) is 0 Å². The van der Waals surface area contributed by atoms with Crippen LogP contribution in [0.3, 0.4) is 0 Å². The van der Waals surface area contributed by atoms with E-state index in [1.54, 1.807) is 6.07 Å². The molecule has 0 radical (unpaired) electrons. The average Bonchev–Trinajstić information content (AvgIpc) is 2.92. The lowest BCUT2D eigenvalue weighted by atomic mass is 9.97. The molecule has 1 aromatic heterocycles. The number of halogens is 2. The fourth-order valence-electron chi connectivity index (χ4n) is 2.59. The summed E-state index contributed by atoms with van der Waals surface area (Å²) >= 11 is 12.3. The van der Waals surface area contributed by atoms with Gasteiger partial charge in [0.25, 0.3) is 0 Å². The van der Waals surface area contributed by atoms with Crippen LogP contribution in [0.2, 0.25) is 10.0 Å². The standard InChI is InChI=1S/C14H17Cl2N3O3/c15-8-3-9-13(19-11(5-20)18-9)14(12(8)16)22-6-7-4-17-2-1-10(7)21/h3,7,10,17,20-21H,1-2,4-6H2,(H,18,19)/t7-,10+/m1/s1. The first-order valence-electron chi connectivity index (χ1n) is 7.09. The second-order valence-corrected chi connectivity index (χ2v) is 6.16. The zero-order valence-electron chi connectivity index (χ0n) is 11.8. The number of fused-ring (bicyclic) bond motifs is 1. The predicted octanol–water partition coefficient (Wildman–Crippen LogP) is 1.71. The van der Waals surface area contributed by atoms with Gasteiger partial charge >= 0.3 is 0 Å². The van der Waals surface area contributed by atoms with Crippen molar-refractivity contribution in [2.45, 2.75) is 19.1 Å². The van der Waals surface area contributed by atoms with Crippen LogP contribution >= 0.6 is 23.2 Å². The molecule has 1 saturated heterocycles. The molecule has 2 heterocycles. The maximum absolute atomic E-state index is 9.99. The number of rotatable bonds is 4. The maximum atomic E-state index is 9.99. The Labute approximate surface area is 137 Å². The molecule has 0 amide bonds. The van der Waals surface area contributed by atoms with Crippen LogP contribution < -0.4 is 10.1 Å². The van der Waals surface area contributed by atoms with E-state index in [2.05, 4.69) is 15.3 Å². The summed E-state index contributed by atoms with van der Waals surface area (Å²) < 4.78 is 5.82. The first kappa shape index (κ1) is 15.8. The van der Waals surface area contributed by atoms with Gasteiger partial charge in [-0.25, -0.2) is 4.98 Å². The monoisotopic (exact) mass is 345 g/mol. The Morgan fingerprint density at radius 1 is 1.41 bits per heavy atom. The van der Waals surface area contributed by atoms with E-state index < -0.39 is 6.10 Å². The first-order chi connectivity index (χ1) is 10.6. The summed E-state index contributed by atoms with van der Waals surface area (Å²) in [6.45, 7) is 1.59. The molecule has 0 spiro atoms. The van der Waals surface area contributed by atoms with E-state index in [-0.39, 0.29) is 17.5 Å². The fourth-order valence-corrected chi connectivity index (χ4v) is 2.99. The highest BCUT2D eigenvalue weighted by molar-refractivity contribution is 6.44. The minimum atomic E-state index is -0.401.